The molecular weight excluding hydrogens is 236 g/mol. The van der Waals surface area contributed by atoms with Crippen molar-refractivity contribution >= 4 is 24.0 Å². The third-order valence-corrected chi connectivity index (χ3v) is 3.29. The number of carbonyl (C=O) groups excluding carboxylic acids is 1. The van der Waals surface area contributed by atoms with Crippen molar-refractivity contribution in [3.05, 3.63) is 29.8 Å². The van der Waals surface area contributed by atoms with Gasteiger partial charge in [-0.05, 0) is 29.5 Å². The Hall–Kier alpha value is -1.06. The fraction of sp³-hybridized carbons (Fsp3) is 0.462. The molecule has 0 heterocycles. The van der Waals surface area contributed by atoms with Crippen molar-refractivity contribution in [3.8, 4) is 0 Å². The highest BCUT2D eigenvalue weighted by atomic mass is 35.5. The molecule has 4 heteroatoms. The van der Waals surface area contributed by atoms with E-state index in [1.165, 1.54) is 0 Å². The van der Waals surface area contributed by atoms with E-state index in [1.54, 1.807) is 0 Å². The Morgan fingerprint density at radius 3 is 2.35 bits per heavy atom. The maximum absolute atomic E-state index is 11.8. The second kappa shape index (κ2) is 5.07. The van der Waals surface area contributed by atoms with Crippen LogP contribution in [0.5, 0.6) is 0 Å². The molecule has 0 bridgehead atoms. The first-order valence-electron chi connectivity index (χ1n) is 5.63. The summed E-state index contributed by atoms with van der Waals surface area (Å²) in [6, 6.07) is 7.67. The molecule has 0 saturated heterocycles. The minimum atomic E-state index is 0. The first-order chi connectivity index (χ1) is 7.53. The molecule has 1 amide bonds. The van der Waals surface area contributed by atoms with Crippen molar-refractivity contribution in [2.75, 3.05) is 5.32 Å². The largest absolute Gasteiger partial charge is 0.326 e. The number of hydrogen-bond donors (Lipinski definition) is 2. The molecule has 17 heavy (non-hydrogen) atoms. The van der Waals surface area contributed by atoms with Gasteiger partial charge in [-0.1, -0.05) is 26.0 Å². The Balaban J connectivity index is 0.00000144. The van der Waals surface area contributed by atoms with Gasteiger partial charge in [-0.25, -0.2) is 0 Å². The van der Waals surface area contributed by atoms with E-state index in [-0.39, 0.29) is 29.6 Å². The lowest BCUT2D eigenvalue weighted by Gasteiger charge is -2.07. The van der Waals surface area contributed by atoms with Gasteiger partial charge in [0.25, 0.3) is 0 Å². The van der Waals surface area contributed by atoms with Crippen molar-refractivity contribution in [1.82, 2.24) is 0 Å². The maximum Gasteiger partial charge on any atom is 0.228 e. The Morgan fingerprint density at radius 1 is 1.41 bits per heavy atom. The smallest absolute Gasteiger partial charge is 0.228 e. The van der Waals surface area contributed by atoms with Crippen molar-refractivity contribution in [1.29, 1.82) is 0 Å². The third kappa shape index (κ3) is 3.20. The number of carbonyl (C=O) groups is 1. The first-order valence-corrected chi connectivity index (χ1v) is 5.63. The van der Waals surface area contributed by atoms with Crippen LogP contribution in [0.1, 0.15) is 25.8 Å². The van der Waals surface area contributed by atoms with E-state index < -0.39 is 0 Å². The topological polar surface area (TPSA) is 55.1 Å². The molecule has 0 spiro atoms. The predicted octanol–water partition coefficient (Wildman–Crippen LogP) is 2.55. The summed E-state index contributed by atoms with van der Waals surface area (Å²) < 4.78 is 0. The summed E-state index contributed by atoms with van der Waals surface area (Å²) in [6.45, 7) is 4.77. The van der Waals surface area contributed by atoms with Crippen LogP contribution in [0.4, 0.5) is 5.69 Å². The standard InChI is InChI=1S/C13H18N2O.ClH/c1-13(2)7-11(13)12(16)15-10-5-3-9(8-14)4-6-10;/h3-6,11H,7-8,14H2,1-2H3,(H,15,16);1H. The molecule has 1 fully saturated rings. The number of nitrogens with two attached hydrogens (primary N) is 1. The molecule has 0 aliphatic heterocycles. The average Bonchev–Trinajstić information content (AvgIpc) is 2.89. The lowest BCUT2D eigenvalue weighted by atomic mass is 10.1. The molecule has 3 nitrogen and oxygen atoms in total. The number of benzene rings is 1. The summed E-state index contributed by atoms with van der Waals surface area (Å²) in [6.07, 6.45) is 0.986. The molecule has 1 atom stereocenters. The normalized spacial score (nSPS) is 20.3. The first kappa shape index (κ1) is 14.0. The van der Waals surface area contributed by atoms with Crippen LogP contribution in [0, 0.1) is 11.3 Å². The summed E-state index contributed by atoms with van der Waals surface area (Å²) in [4.78, 5) is 11.8. The maximum atomic E-state index is 11.8. The van der Waals surface area contributed by atoms with Gasteiger partial charge in [-0.15, -0.1) is 12.4 Å². The van der Waals surface area contributed by atoms with E-state index in [1.807, 2.05) is 24.3 Å². The third-order valence-electron chi connectivity index (χ3n) is 3.29. The molecule has 1 saturated carbocycles. The molecule has 1 aromatic carbocycles. The van der Waals surface area contributed by atoms with Gasteiger partial charge < -0.3 is 11.1 Å². The Kier molecular flexibility index (Phi) is 4.17. The average molecular weight is 255 g/mol. The Labute approximate surface area is 108 Å². The molecular formula is C13H19ClN2O. The fourth-order valence-corrected chi connectivity index (χ4v) is 1.87. The molecule has 1 unspecified atom stereocenters. The molecule has 1 aromatic rings. The van der Waals surface area contributed by atoms with Crippen LogP contribution in [0.15, 0.2) is 24.3 Å². The van der Waals surface area contributed by atoms with Crippen LogP contribution < -0.4 is 11.1 Å². The molecule has 94 valence electrons. The minimum Gasteiger partial charge on any atom is -0.326 e. The molecule has 3 N–H and O–H groups in total. The Bertz CT molecular complexity index is 400. The summed E-state index contributed by atoms with van der Waals surface area (Å²) in [5.41, 5.74) is 7.62. The van der Waals surface area contributed by atoms with E-state index in [0.29, 0.717) is 6.54 Å². The predicted molar refractivity (Wildman–Crippen MR) is 72.1 cm³/mol. The zero-order chi connectivity index (χ0) is 11.8. The lowest BCUT2D eigenvalue weighted by molar-refractivity contribution is -0.117. The number of halogens is 1. The van der Waals surface area contributed by atoms with Crippen molar-refractivity contribution < 1.29 is 4.79 Å². The van der Waals surface area contributed by atoms with Gasteiger partial charge in [0, 0.05) is 18.2 Å². The van der Waals surface area contributed by atoms with E-state index in [0.717, 1.165) is 17.7 Å². The van der Waals surface area contributed by atoms with Gasteiger partial charge in [0.2, 0.25) is 5.91 Å². The number of nitrogens with one attached hydrogen (secondary N) is 1. The van der Waals surface area contributed by atoms with E-state index in [4.69, 9.17) is 5.73 Å². The van der Waals surface area contributed by atoms with Crippen molar-refractivity contribution in [2.45, 2.75) is 26.8 Å². The number of rotatable bonds is 3. The number of anilines is 1. The molecule has 0 radical (unpaired) electrons. The summed E-state index contributed by atoms with van der Waals surface area (Å²) >= 11 is 0. The van der Waals surface area contributed by atoms with E-state index >= 15 is 0 Å². The summed E-state index contributed by atoms with van der Waals surface area (Å²) in [5, 5.41) is 2.93. The second-order valence-electron chi connectivity index (χ2n) is 5.14. The van der Waals surface area contributed by atoms with Gasteiger partial charge in [0.05, 0.1) is 0 Å². The van der Waals surface area contributed by atoms with Gasteiger partial charge in [0.1, 0.15) is 0 Å². The Morgan fingerprint density at radius 2 is 1.94 bits per heavy atom. The van der Waals surface area contributed by atoms with Gasteiger partial charge in [-0.3, -0.25) is 4.79 Å². The summed E-state index contributed by atoms with van der Waals surface area (Å²) in [5.74, 6) is 0.298. The van der Waals surface area contributed by atoms with E-state index in [9.17, 15) is 4.79 Å². The highest BCUT2D eigenvalue weighted by Gasteiger charge is 2.50. The van der Waals surface area contributed by atoms with Gasteiger partial charge in [-0.2, -0.15) is 0 Å². The molecule has 1 aliphatic carbocycles. The molecule has 0 aromatic heterocycles. The fourth-order valence-electron chi connectivity index (χ4n) is 1.87. The van der Waals surface area contributed by atoms with Crippen LogP contribution in [-0.4, -0.2) is 5.91 Å². The zero-order valence-electron chi connectivity index (χ0n) is 10.2. The monoisotopic (exact) mass is 254 g/mol. The highest BCUT2D eigenvalue weighted by Crippen LogP contribution is 2.51. The van der Waals surface area contributed by atoms with Crippen molar-refractivity contribution in [2.24, 2.45) is 17.1 Å². The van der Waals surface area contributed by atoms with Crippen LogP contribution in [0.3, 0.4) is 0 Å². The molecule has 2 rings (SSSR count). The van der Waals surface area contributed by atoms with Crippen LogP contribution in [0.2, 0.25) is 0 Å². The van der Waals surface area contributed by atoms with Crippen LogP contribution in [-0.2, 0) is 11.3 Å². The van der Waals surface area contributed by atoms with E-state index in [2.05, 4.69) is 19.2 Å². The minimum absolute atomic E-state index is 0. The molecule has 1 aliphatic rings. The quantitative estimate of drug-likeness (QED) is 0.871. The lowest BCUT2D eigenvalue weighted by Crippen LogP contribution is -2.16. The number of amides is 1. The van der Waals surface area contributed by atoms with Crippen molar-refractivity contribution in [3.63, 3.8) is 0 Å². The van der Waals surface area contributed by atoms with Crippen LogP contribution in [0.25, 0.3) is 0 Å². The van der Waals surface area contributed by atoms with Gasteiger partial charge in [0.15, 0.2) is 0 Å². The SMILES string of the molecule is CC1(C)CC1C(=O)Nc1ccc(CN)cc1.Cl. The summed E-state index contributed by atoms with van der Waals surface area (Å²) in [7, 11) is 0. The van der Waals surface area contributed by atoms with Crippen LogP contribution >= 0.6 is 12.4 Å². The zero-order valence-corrected chi connectivity index (χ0v) is 11.0. The van der Waals surface area contributed by atoms with Gasteiger partial charge >= 0.3 is 0 Å². The number of hydrogen-bond acceptors (Lipinski definition) is 2. The second-order valence-corrected chi connectivity index (χ2v) is 5.14. The highest BCUT2D eigenvalue weighted by molar-refractivity contribution is 5.94.